The van der Waals surface area contributed by atoms with Crippen LogP contribution in [0, 0.1) is 0 Å². The lowest BCUT2D eigenvalue weighted by Crippen LogP contribution is -2.52. The lowest BCUT2D eigenvalue weighted by Gasteiger charge is -2.34. The van der Waals surface area contributed by atoms with Crippen LogP contribution in [0.5, 0.6) is 5.75 Å². The fourth-order valence-electron chi connectivity index (χ4n) is 4.26. The van der Waals surface area contributed by atoms with Crippen molar-refractivity contribution in [1.82, 2.24) is 24.3 Å². The first kappa shape index (κ1) is 24.0. The molecule has 0 saturated carbocycles. The van der Waals surface area contributed by atoms with E-state index in [1.54, 1.807) is 35.2 Å². The number of anilines is 1. The van der Waals surface area contributed by atoms with Gasteiger partial charge >= 0.3 is 6.03 Å². The van der Waals surface area contributed by atoms with Crippen LogP contribution in [-0.2, 0) is 6.54 Å². The number of aromatic nitrogens is 3. The minimum Gasteiger partial charge on any atom is -0.497 e. The molecule has 3 amide bonds. The lowest BCUT2D eigenvalue weighted by molar-refractivity contribution is 0.0663. The Kier molecular flexibility index (Phi) is 6.80. The number of rotatable bonds is 5. The summed E-state index contributed by atoms with van der Waals surface area (Å²) in [5.41, 5.74) is 1.77. The van der Waals surface area contributed by atoms with Crippen LogP contribution in [0.25, 0.3) is 11.2 Å². The monoisotopic (exact) mass is 498 g/mol. The van der Waals surface area contributed by atoms with E-state index in [1.165, 1.54) is 4.57 Å². The average molecular weight is 499 g/mol. The highest BCUT2D eigenvalue weighted by atomic mass is 16.5. The Bertz CT molecular complexity index is 1480. The third kappa shape index (κ3) is 5.13. The molecule has 3 heterocycles. The van der Waals surface area contributed by atoms with Crippen LogP contribution in [0.1, 0.15) is 16.1 Å². The van der Waals surface area contributed by atoms with Gasteiger partial charge in [0.25, 0.3) is 11.5 Å². The zero-order chi connectivity index (χ0) is 25.8. The maximum Gasteiger partial charge on any atom is 0.321 e. The van der Waals surface area contributed by atoms with E-state index < -0.39 is 11.5 Å². The Morgan fingerprint density at radius 1 is 0.919 bits per heavy atom. The van der Waals surface area contributed by atoms with Gasteiger partial charge in [-0.25, -0.2) is 14.8 Å². The highest BCUT2D eigenvalue weighted by Crippen LogP contribution is 2.15. The fourth-order valence-corrected chi connectivity index (χ4v) is 4.26. The summed E-state index contributed by atoms with van der Waals surface area (Å²) in [6.07, 6.45) is 1.59. The van der Waals surface area contributed by atoms with Crippen LogP contribution in [0.2, 0.25) is 0 Å². The van der Waals surface area contributed by atoms with Crippen molar-refractivity contribution in [2.24, 2.45) is 0 Å². The van der Waals surface area contributed by atoms with Gasteiger partial charge in [0, 0.05) is 38.1 Å². The minimum atomic E-state index is -0.503. The first-order valence-electron chi connectivity index (χ1n) is 11.9. The van der Waals surface area contributed by atoms with E-state index >= 15 is 0 Å². The predicted octanol–water partition coefficient (Wildman–Crippen LogP) is 2.84. The molecule has 0 aliphatic carbocycles. The van der Waals surface area contributed by atoms with E-state index in [0.717, 1.165) is 5.56 Å². The molecule has 2 aromatic carbocycles. The number of fused-ring (bicyclic) bond motifs is 1. The number of piperazine rings is 1. The molecule has 0 bridgehead atoms. The Labute approximate surface area is 213 Å². The molecule has 1 aliphatic heterocycles. The van der Waals surface area contributed by atoms with Gasteiger partial charge in [0.2, 0.25) is 0 Å². The van der Waals surface area contributed by atoms with E-state index in [0.29, 0.717) is 48.8 Å². The number of nitrogens with one attached hydrogen (secondary N) is 1. The summed E-state index contributed by atoms with van der Waals surface area (Å²) in [5, 5.41) is 2.86. The van der Waals surface area contributed by atoms with E-state index in [-0.39, 0.29) is 18.3 Å². The third-order valence-corrected chi connectivity index (χ3v) is 6.28. The van der Waals surface area contributed by atoms with Gasteiger partial charge in [0.15, 0.2) is 11.3 Å². The molecule has 1 aliphatic rings. The maximum atomic E-state index is 13.5. The van der Waals surface area contributed by atoms with Gasteiger partial charge in [-0.1, -0.05) is 30.3 Å². The number of benzene rings is 2. The average Bonchev–Trinajstić information content (AvgIpc) is 2.95. The molecule has 0 spiro atoms. The molecule has 5 rings (SSSR count). The summed E-state index contributed by atoms with van der Waals surface area (Å²) in [6.45, 7) is 1.52. The van der Waals surface area contributed by atoms with E-state index in [9.17, 15) is 14.4 Å². The first-order chi connectivity index (χ1) is 18.0. The molecular weight excluding hydrogens is 472 g/mol. The quantitative estimate of drug-likeness (QED) is 0.453. The number of ether oxygens (including phenoxy) is 1. The number of amides is 3. The smallest absolute Gasteiger partial charge is 0.321 e. The van der Waals surface area contributed by atoms with E-state index in [1.807, 2.05) is 54.6 Å². The minimum absolute atomic E-state index is 0.156. The van der Waals surface area contributed by atoms with Gasteiger partial charge in [-0.15, -0.1) is 0 Å². The van der Waals surface area contributed by atoms with Crippen molar-refractivity contribution in [3.8, 4) is 5.75 Å². The molecule has 0 unspecified atom stereocenters. The number of urea groups is 1. The second kappa shape index (κ2) is 10.5. The van der Waals surface area contributed by atoms with Crippen molar-refractivity contribution in [3.63, 3.8) is 0 Å². The van der Waals surface area contributed by atoms with Crippen molar-refractivity contribution in [2.75, 3.05) is 38.6 Å². The van der Waals surface area contributed by atoms with Crippen LogP contribution in [0.3, 0.4) is 0 Å². The number of carbonyl (C=O) groups excluding carboxylic acids is 2. The SMILES string of the molecule is COc1ccc(Cn2c(=O)c(C(=O)N3CCN(C(=O)Nc4ccccc4)CC3)nc3cccnc32)cc1. The zero-order valence-corrected chi connectivity index (χ0v) is 20.3. The number of para-hydroxylation sites is 1. The summed E-state index contributed by atoms with van der Waals surface area (Å²) >= 11 is 0. The predicted molar refractivity (Wildman–Crippen MR) is 139 cm³/mol. The zero-order valence-electron chi connectivity index (χ0n) is 20.3. The molecule has 10 nitrogen and oxygen atoms in total. The van der Waals surface area contributed by atoms with Crippen LogP contribution in [0.15, 0.2) is 77.7 Å². The Balaban J connectivity index is 1.35. The van der Waals surface area contributed by atoms with Gasteiger partial charge < -0.3 is 19.9 Å². The number of hydrogen-bond acceptors (Lipinski definition) is 6. The third-order valence-electron chi connectivity index (χ3n) is 6.28. The number of nitrogens with zero attached hydrogens (tertiary/aromatic N) is 5. The number of methoxy groups -OCH3 is 1. The summed E-state index contributed by atoms with van der Waals surface area (Å²) in [4.78, 5) is 51.5. The number of hydrogen-bond donors (Lipinski definition) is 1. The van der Waals surface area contributed by atoms with Crippen LogP contribution >= 0.6 is 0 Å². The van der Waals surface area contributed by atoms with Gasteiger partial charge in [-0.05, 0) is 42.0 Å². The van der Waals surface area contributed by atoms with Gasteiger partial charge in [0.1, 0.15) is 11.3 Å². The van der Waals surface area contributed by atoms with E-state index in [2.05, 4.69) is 15.3 Å². The van der Waals surface area contributed by atoms with Gasteiger partial charge in [-0.3, -0.25) is 14.2 Å². The second-order valence-electron chi connectivity index (χ2n) is 8.62. The van der Waals surface area contributed by atoms with Crippen molar-refractivity contribution in [2.45, 2.75) is 6.54 Å². The lowest BCUT2D eigenvalue weighted by atomic mass is 10.2. The van der Waals surface area contributed by atoms with Gasteiger partial charge in [-0.2, -0.15) is 0 Å². The standard InChI is InChI=1S/C27H26N6O4/c1-37-21-11-9-19(10-12-21)18-33-24-22(8-5-13-28-24)30-23(26(33)35)25(34)31-14-16-32(17-15-31)27(36)29-20-6-3-2-4-7-20/h2-13H,14-18H2,1H3,(H,29,36). The molecule has 0 atom stereocenters. The molecule has 0 radical (unpaired) electrons. The highest BCUT2D eigenvalue weighted by Gasteiger charge is 2.28. The molecular formula is C27H26N6O4. The second-order valence-corrected chi connectivity index (χ2v) is 8.62. The largest absolute Gasteiger partial charge is 0.497 e. The van der Waals surface area contributed by atoms with Crippen LogP contribution in [-0.4, -0.2) is 69.6 Å². The van der Waals surface area contributed by atoms with Crippen molar-refractivity contribution < 1.29 is 14.3 Å². The Hall–Kier alpha value is -4.73. The number of pyridine rings is 1. The summed E-state index contributed by atoms with van der Waals surface area (Å²) < 4.78 is 6.69. The van der Waals surface area contributed by atoms with Crippen LogP contribution < -0.4 is 15.6 Å². The Morgan fingerprint density at radius 3 is 2.32 bits per heavy atom. The van der Waals surface area contributed by atoms with Crippen molar-refractivity contribution >= 4 is 28.8 Å². The Morgan fingerprint density at radius 2 is 1.62 bits per heavy atom. The maximum absolute atomic E-state index is 13.5. The topological polar surface area (TPSA) is 110 Å². The molecule has 2 aromatic heterocycles. The van der Waals surface area contributed by atoms with Crippen molar-refractivity contribution in [3.05, 3.63) is 94.5 Å². The highest BCUT2D eigenvalue weighted by molar-refractivity contribution is 5.94. The molecule has 1 fully saturated rings. The molecule has 188 valence electrons. The number of carbonyl (C=O) groups is 2. The molecule has 10 heteroatoms. The summed E-state index contributed by atoms with van der Waals surface area (Å²) in [7, 11) is 1.59. The first-order valence-corrected chi connectivity index (χ1v) is 11.9. The summed E-state index contributed by atoms with van der Waals surface area (Å²) in [6, 6.07) is 19.8. The van der Waals surface area contributed by atoms with Gasteiger partial charge in [0.05, 0.1) is 13.7 Å². The molecule has 1 saturated heterocycles. The van der Waals surface area contributed by atoms with Crippen LogP contribution in [0.4, 0.5) is 10.5 Å². The molecule has 4 aromatic rings. The van der Waals surface area contributed by atoms with E-state index in [4.69, 9.17) is 4.74 Å². The molecule has 37 heavy (non-hydrogen) atoms. The molecule has 1 N–H and O–H groups in total. The fraction of sp³-hybridized carbons (Fsp3) is 0.222. The van der Waals surface area contributed by atoms with Crippen molar-refractivity contribution in [1.29, 1.82) is 0 Å². The normalized spacial score (nSPS) is 13.4. The summed E-state index contributed by atoms with van der Waals surface area (Å²) in [5.74, 6) is 0.253.